The monoisotopic (exact) mass is 898 g/mol. The third-order valence-electron chi connectivity index (χ3n) is 10.8. The predicted molar refractivity (Wildman–Crippen MR) is 247 cm³/mol. The summed E-state index contributed by atoms with van der Waals surface area (Å²) in [4.78, 5) is 74.8. The van der Waals surface area contributed by atoms with Gasteiger partial charge in [-0.3, -0.25) is 28.8 Å². The number of hydrogen-bond donors (Lipinski definition) is 1. The van der Waals surface area contributed by atoms with Gasteiger partial charge in [-0.15, -0.1) is 0 Å². The highest BCUT2D eigenvalue weighted by Crippen LogP contribution is 2.13. The van der Waals surface area contributed by atoms with Crippen LogP contribution >= 0.6 is 0 Å². The fraction of sp³-hybridized carbons (Fsp3) is 0.880. The summed E-state index contributed by atoms with van der Waals surface area (Å²) in [7, 11) is 0. The van der Waals surface area contributed by atoms with E-state index >= 15 is 0 Å². The van der Waals surface area contributed by atoms with Crippen molar-refractivity contribution in [1.82, 2.24) is 5.32 Å². The SMILES string of the molecule is CCCCCCCCC(=O)OCC(COC(=O)CCCCCCCC)COC(=O)CCNCCC(=O)OCC(COC(=O)CCCCCCCC)COC(=O)CCCCCCCC. The summed E-state index contributed by atoms with van der Waals surface area (Å²) < 4.78 is 32.9. The van der Waals surface area contributed by atoms with E-state index in [4.69, 9.17) is 28.4 Å². The lowest BCUT2D eigenvalue weighted by molar-refractivity contribution is -0.156. The molecule has 0 saturated heterocycles. The summed E-state index contributed by atoms with van der Waals surface area (Å²) in [5, 5.41) is 3.05. The van der Waals surface area contributed by atoms with E-state index in [1.54, 1.807) is 0 Å². The van der Waals surface area contributed by atoms with Crippen LogP contribution in [0.4, 0.5) is 0 Å². The molecule has 0 rings (SSSR count). The summed E-state index contributed by atoms with van der Waals surface area (Å²) in [5.41, 5.74) is 0. The molecule has 0 aromatic rings. The van der Waals surface area contributed by atoms with Crippen molar-refractivity contribution >= 4 is 35.8 Å². The van der Waals surface area contributed by atoms with Gasteiger partial charge in [-0.25, -0.2) is 0 Å². The van der Waals surface area contributed by atoms with E-state index in [2.05, 4.69) is 33.0 Å². The molecule has 0 aliphatic heterocycles. The van der Waals surface area contributed by atoms with Crippen molar-refractivity contribution < 1.29 is 57.2 Å². The minimum atomic E-state index is -0.491. The van der Waals surface area contributed by atoms with Crippen LogP contribution in [0.5, 0.6) is 0 Å². The normalized spacial score (nSPS) is 11.1. The molecule has 0 aliphatic rings. The molecule has 0 fully saturated rings. The number of ether oxygens (including phenoxy) is 6. The van der Waals surface area contributed by atoms with Crippen LogP contribution in [0.25, 0.3) is 0 Å². The Morgan fingerprint density at radius 3 is 0.698 bits per heavy atom. The molecule has 0 amide bonds. The quantitative estimate of drug-likeness (QED) is 0.0348. The van der Waals surface area contributed by atoms with E-state index in [0.29, 0.717) is 25.7 Å². The first-order valence-electron chi connectivity index (χ1n) is 25.3. The Bertz CT molecular complexity index is 998. The Morgan fingerprint density at radius 2 is 0.476 bits per heavy atom. The zero-order valence-corrected chi connectivity index (χ0v) is 40.4. The topological polar surface area (TPSA) is 170 Å². The Hall–Kier alpha value is -3.22. The fourth-order valence-electron chi connectivity index (χ4n) is 6.69. The number of carbonyl (C=O) groups excluding carboxylic acids is 6. The highest BCUT2D eigenvalue weighted by atomic mass is 16.6. The van der Waals surface area contributed by atoms with E-state index < -0.39 is 23.8 Å². The second-order valence-electron chi connectivity index (χ2n) is 17.2. The smallest absolute Gasteiger partial charge is 0.307 e. The maximum absolute atomic E-state index is 12.6. The molecule has 0 heterocycles. The molecule has 0 aromatic carbocycles. The molecule has 0 spiro atoms. The van der Waals surface area contributed by atoms with Crippen molar-refractivity contribution in [3.8, 4) is 0 Å². The summed E-state index contributed by atoms with van der Waals surface area (Å²) in [6.45, 7) is 8.96. The molecule has 13 nitrogen and oxygen atoms in total. The van der Waals surface area contributed by atoms with Gasteiger partial charge in [-0.2, -0.15) is 0 Å². The predicted octanol–water partition coefficient (Wildman–Crippen LogP) is 10.9. The maximum Gasteiger partial charge on any atom is 0.307 e. The van der Waals surface area contributed by atoms with Gasteiger partial charge >= 0.3 is 35.8 Å². The van der Waals surface area contributed by atoms with Crippen LogP contribution in [-0.2, 0) is 57.2 Å². The van der Waals surface area contributed by atoms with Gasteiger partial charge in [0.2, 0.25) is 0 Å². The molecular formula is C50H91NO12. The van der Waals surface area contributed by atoms with Gasteiger partial charge < -0.3 is 33.7 Å². The Labute approximate surface area is 382 Å². The van der Waals surface area contributed by atoms with Gasteiger partial charge in [0, 0.05) is 38.8 Å². The van der Waals surface area contributed by atoms with E-state index in [0.717, 1.165) is 128 Å². The molecule has 0 aromatic heterocycles. The molecule has 13 heteroatoms. The summed E-state index contributed by atoms with van der Waals surface area (Å²) in [5.74, 6) is -3.21. The second-order valence-corrected chi connectivity index (χ2v) is 17.2. The van der Waals surface area contributed by atoms with Crippen molar-refractivity contribution in [1.29, 1.82) is 0 Å². The molecule has 0 radical (unpaired) electrons. The number of carbonyl (C=O) groups is 6. The van der Waals surface area contributed by atoms with E-state index in [-0.39, 0.29) is 89.4 Å². The summed E-state index contributed by atoms with van der Waals surface area (Å²) in [6.07, 6.45) is 26.7. The number of rotatable bonds is 46. The van der Waals surface area contributed by atoms with Crippen LogP contribution in [0.1, 0.15) is 220 Å². The lowest BCUT2D eigenvalue weighted by atomic mass is 10.1. The Morgan fingerprint density at radius 1 is 0.286 bits per heavy atom. The molecule has 0 saturated carbocycles. The molecule has 0 unspecified atom stereocenters. The highest BCUT2D eigenvalue weighted by Gasteiger charge is 2.20. The van der Waals surface area contributed by atoms with Crippen LogP contribution in [0, 0.1) is 11.8 Å². The number of esters is 6. The number of unbranched alkanes of at least 4 members (excludes halogenated alkanes) is 20. The molecule has 368 valence electrons. The minimum Gasteiger partial charge on any atom is -0.465 e. The van der Waals surface area contributed by atoms with Crippen LogP contribution in [0.2, 0.25) is 0 Å². The third-order valence-corrected chi connectivity index (χ3v) is 10.8. The fourth-order valence-corrected chi connectivity index (χ4v) is 6.69. The van der Waals surface area contributed by atoms with Gasteiger partial charge in [0.1, 0.15) is 39.6 Å². The van der Waals surface area contributed by atoms with Gasteiger partial charge in [0.15, 0.2) is 0 Å². The second kappa shape index (κ2) is 45.4. The van der Waals surface area contributed by atoms with Crippen molar-refractivity contribution in [2.24, 2.45) is 11.8 Å². The summed E-state index contributed by atoms with van der Waals surface area (Å²) >= 11 is 0. The Kier molecular flexibility index (Phi) is 43.0. The largest absolute Gasteiger partial charge is 0.465 e. The lowest BCUT2D eigenvalue weighted by Gasteiger charge is -2.18. The molecule has 0 aliphatic carbocycles. The van der Waals surface area contributed by atoms with Crippen LogP contribution in [0.15, 0.2) is 0 Å². The van der Waals surface area contributed by atoms with Gasteiger partial charge in [0.25, 0.3) is 0 Å². The summed E-state index contributed by atoms with van der Waals surface area (Å²) in [6, 6.07) is 0. The van der Waals surface area contributed by atoms with Gasteiger partial charge in [-0.1, -0.05) is 156 Å². The van der Waals surface area contributed by atoms with E-state index in [1.165, 1.54) is 25.7 Å². The number of hydrogen-bond acceptors (Lipinski definition) is 13. The van der Waals surface area contributed by atoms with E-state index in [1.807, 2.05) is 0 Å². The van der Waals surface area contributed by atoms with Crippen LogP contribution < -0.4 is 5.32 Å². The highest BCUT2D eigenvalue weighted by molar-refractivity contribution is 5.71. The standard InChI is InChI=1S/C50H91NO12/c1-5-9-13-17-21-25-29-45(52)58-37-43(38-59-46(53)30-26-22-18-14-10-6-2)41-62-49(56)33-35-51-36-34-50(57)63-42-44(39-60-47(54)31-27-23-19-15-11-7-3)40-61-48(55)32-28-24-20-16-12-8-4/h43-44,51H,5-42H2,1-4H3. The first kappa shape index (κ1) is 59.8. The van der Waals surface area contributed by atoms with Crippen molar-refractivity contribution in [3.05, 3.63) is 0 Å². The van der Waals surface area contributed by atoms with Crippen molar-refractivity contribution in [3.63, 3.8) is 0 Å². The van der Waals surface area contributed by atoms with Crippen LogP contribution in [-0.4, -0.2) is 88.5 Å². The first-order chi connectivity index (χ1) is 30.6. The third kappa shape index (κ3) is 42.5. The molecule has 63 heavy (non-hydrogen) atoms. The lowest BCUT2D eigenvalue weighted by Crippen LogP contribution is -2.28. The molecule has 0 bridgehead atoms. The average molecular weight is 898 g/mol. The van der Waals surface area contributed by atoms with Gasteiger partial charge in [-0.05, 0) is 25.7 Å². The minimum absolute atomic E-state index is 0.0171. The maximum atomic E-state index is 12.6. The van der Waals surface area contributed by atoms with Crippen molar-refractivity contribution in [2.75, 3.05) is 52.7 Å². The van der Waals surface area contributed by atoms with Gasteiger partial charge in [0.05, 0.1) is 24.7 Å². The Balaban J connectivity index is 4.78. The van der Waals surface area contributed by atoms with E-state index in [9.17, 15) is 28.8 Å². The zero-order chi connectivity index (χ0) is 46.4. The average Bonchev–Trinajstić information content (AvgIpc) is 3.27. The van der Waals surface area contributed by atoms with Crippen LogP contribution in [0.3, 0.4) is 0 Å². The first-order valence-corrected chi connectivity index (χ1v) is 25.3. The molecule has 0 atom stereocenters. The molecular weight excluding hydrogens is 807 g/mol. The molecule has 1 N–H and O–H groups in total. The number of nitrogens with one attached hydrogen (secondary N) is 1. The van der Waals surface area contributed by atoms with Crippen molar-refractivity contribution in [2.45, 2.75) is 220 Å². The zero-order valence-electron chi connectivity index (χ0n) is 40.4.